The zero-order chi connectivity index (χ0) is 17.0. The van der Waals surface area contributed by atoms with Crippen LogP contribution in [0.2, 0.25) is 0 Å². The van der Waals surface area contributed by atoms with Gasteiger partial charge in [-0.25, -0.2) is 0 Å². The lowest BCUT2D eigenvalue weighted by Gasteiger charge is -2.27. The van der Waals surface area contributed by atoms with Crippen LogP contribution in [-0.4, -0.2) is 24.1 Å². The van der Waals surface area contributed by atoms with Crippen LogP contribution in [0.5, 0.6) is 5.75 Å². The molecule has 2 atom stereocenters. The van der Waals surface area contributed by atoms with Crippen molar-refractivity contribution in [3.63, 3.8) is 0 Å². The number of hydrogen-bond donors (Lipinski definition) is 2. The van der Waals surface area contributed by atoms with Crippen LogP contribution in [-0.2, 0) is 11.3 Å². The Kier molecular flexibility index (Phi) is 7.56. The third kappa shape index (κ3) is 6.33. The van der Waals surface area contributed by atoms with E-state index >= 15 is 0 Å². The van der Waals surface area contributed by atoms with Crippen molar-refractivity contribution in [2.45, 2.75) is 65.6 Å². The number of carbonyl (C=O) groups excluding carboxylic acids is 1. The van der Waals surface area contributed by atoms with Crippen LogP contribution < -0.4 is 15.4 Å². The molecule has 0 bridgehead atoms. The maximum atomic E-state index is 12.4. The molecule has 0 spiro atoms. The first-order chi connectivity index (χ1) is 10.7. The van der Waals surface area contributed by atoms with Crippen molar-refractivity contribution in [2.75, 3.05) is 6.54 Å². The molecule has 1 aliphatic heterocycles. The van der Waals surface area contributed by atoms with Gasteiger partial charge in [0, 0.05) is 24.1 Å². The quantitative estimate of drug-likeness (QED) is 0.868. The van der Waals surface area contributed by atoms with Crippen LogP contribution in [0.3, 0.4) is 0 Å². The van der Waals surface area contributed by atoms with E-state index in [0.717, 1.165) is 36.3 Å². The summed E-state index contributed by atoms with van der Waals surface area (Å²) in [6, 6.07) is 6.56. The van der Waals surface area contributed by atoms with Gasteiger partial charge in [0.2, 0.25) is 5.91 Å². The van der Waals surface area contributed by atoms with Crippen LogP contribution in [0, 0.1) is 12.8 Å². The highest BCUT2D eigenvalue weighted by Crippen LogP contribution is 2.25. The molecule has 1 heterocycles. The van der Waals surface area contributed by atoms with Crippen LogP contribution in [0.4, 0.5) is 0 Å². The van der Waals surface area contributed by atoms with Gasteiger partial charge in [-0.2, -0.15) is 0 Å². The topological polar surface area (TPSA) is 50.4 Å². The van der Waals surface area contributed by atoms with Gasteiger partial charge >= 0.3 is 0 Å². The van der Waals surface area contributed by atoms with E-state index in [0.29, 0.717) is 12.6 Å². The number of rotatable bonds is 4. The highest BCUT2D eigenvalue weighted by Gasteiger charge is 2.24. The normalized spacial score (nSPS) is 20.9. The zero-order valence-electron chi connectivity index (χ0n) is 15.4. The molecule has 0 aliphatic carbocycles. The second kappa shape index (κ2) is 8.72. The largest absolute Gasteiger partial charge is 0.488 e. The van der Waals surface area contributed by atoms with Crippen molar-refractivity contribution in [3.8, 4) is 5.75 Å². The molecule has 136 valence electrons. The summed E-state index contributed by atoms with van der Waals surface area (Å²) < 4.78 is 6.05. The molecule has 4 nitrogen and oxygen atoms in total. The zero-order valence-corrected chi connectivity index (χ0v) is 16.3. The van der Waals surface area contributed by atoms with Crippen LogP contribution in [0.15, 0.2) is 18.2 Å². The molecule has 1 aromatic carbocycles. The van der Waals surface area contributed by atoms with Crippen molar-refractivity contribution >= 4 is 18.3 Å². The van der Waals surface area contributed by atoms with Crippen molar-refractivity contribution in [3.05, 3.63) is 29.3 Å². The third-order valence-electron chi connectivity index (χ3n) is 4.09. The SMILES string of the molecule is Cc1ccc(CNC(=O)[C@H]2CCN[C@@H](C)C2)c(OC(C)(C)C)c1.Cl. The number of benzene rings is 1. The molecule has 0 saturated carbocycles. The number of hydrogen-bond acceptors (Lipinski definition) is 3. The number of aryl methyl sites for hydroxylation is 1. The third-order valence-corrected chi connectivity index (χ3v) is 4.09. The predicted octanol–water partition coefficient (Wildman–Crippen LogP) is 3.60. The lowest BCUT2D eigenvalue weighted by molar-refractivity contribution is -0.126. The van der Waals surface area contributed by atoms with Gasteiger partial charge in [-0.05, 0) is 65.6 Å². The van der Waals surface area contributed by atoms with Crippen molar-refractivity contribution in [1.82, 2.24) is 10.6 Å². The van der Waals surface area contributed by atoms with E-state index < -0.39 is 0 Å². The van der Waals surface area contributed by atoms with Gasteiger partial charge in [0.25, 0.3) is 0 Å². The van der Waals surface area contributed by atoms with E-state index in [2.05, 4.69) is 23.6 Å². The number of carbonyl (C=O) groups is 1. The first kappa shape index (κ1) is 20.8. The monoisotopic (exact) mass is 354 g/mol. The summed E-state index contributed by atoms with van der Waals surface area (Å²) in [5, 5.41) is 6.47. The molecule has 0 aromatic heterocycles. The van der Waals surface area contributed by atoms with Crippen molar-refractivity contribution in [2.24, 2.45) is 5.92 Å². The summed E-state index contributed by atoms with van der Waals surface area (Å²) in [6.07, 6.45) is 1.82. The van der Waals surface area contributed by atoms with Crippen LogP contribution in [0.25, 0.3) is 0 Å². The summed E-state index contributed by atoms with van der Waals surface area (Å²) >= 11 is 0. The Balaban J connectivity index is 0.00000288. The average Bonchev–Trinajstić information content (AvgIpc) is 2.44. The number of nitrogens with one attached hydrogen (secondary N) is 2. The van der Waals surface area contributed by atoms with Crippen LogP contribution >= 0.6 is 12.4 Å². The number of ether oxygens (including phenoxy) is 1. The fraction of sp³-hybridized carbons (Fsp3) is 0.632. The second-order valence-corrected chi connectivity index (χ2v) is 7.62. The van der Waals surface area contributed by atoms with E-state index in [1.807, 2.05) is 39.8 Å². The molecule has 1 aromatic rings. The Morgan fingerprint density at radius 3 is 2.71 bits per heavy atom. The van der Waals surface area contributed by atoms with Gasteiger partial charge in [0.1, 0.15) is 11.4 Å². The minimum Gasteiger partial charge on any atom is -0.488 e. The molecule has 5 heteroatoms. The summed E-state index contributed by atoms with van der Waals surface area (Å²) in [5.41, 5.74) is 1.93. The van der Waals surface area contributed by atoms with Crippen molar-refractivity contribution < 1.29 is 9.53 Å². The molecule has 0 unspecified atom stereocenters. The Hall–Kier alpha value is -1.26. The molecule has 1 amide bonds. The predicted molar refractivity (Wildman–Crippen MR) is 101 cm³/mol. The lowest BCUT2D eigenvalue weighted by atomic mass is 9.92. The Labute approximate surface area is 152 Å². The number of halogens is 1. The molecular formula is C19H31ClN2O2. The Morgan fingerprint density at radius 1 is 1.38 bits per heavy atom. The van der Waals surface area contributed by atoms with Gasteiger partial charge in [-0.1, -0.05) is 12.1 Å². The molecule has 24 heavy (non-hydrogen) atoms. The minimum atomic E-state index is -0.253. The van der Waals surface area contributed by atoms with Gasteiger partial charge in [0.15, 0.2) is 0 Å². The van der Waals surface area contributed by atoms with Crippen molar-refractivity contribution in [1.29, 1.82) is 0 Å². The number of piperidine rings is 1. The first-order valence-corrected chi connectivity index (χ1v) is 8.54. The molecule has 2 rings (SSSR count). The fourth-order valence-corrected chi connectivity index (χ4v) is 2.93. The summed E-state index contributed by atoms with van der Waals surface area (Å²) in [5.74, 6) is 1.13. The molecule has 1 fully saturated rings. The Bertz CT molecular complexity index is 555. The van der Waals surface area contributed by atoms with E-state index in [-0.39, 0.29) is 29.8 Å². The van der Waals surface area contributed by atoms with E-state index in [1.54, 1.807) is 0 Å². The summed E-state index contributed by atoms with van der Waals surface area (Å²) in [7, 11) is 0. The molecule has 1 aliphatic rings. The smallest absolute Gasteiger partial charge is 0.223 e. The lowest BCUT2D eigenvalue weighted by Crippen LogP contribution is -2.42. The maximum Gasteiger partial charge on any atom is 0.223 e. The maximum absolute atomic E-state index is 12.4. The minimum absolute atomic E-state index is 0. The molecular weight excluding hydrogens is 324 g/mol. The molecule has 0 radical (unpaired) electrons. The standard InChI is InChI=1S/C19H30N2O2.ClH/c1-13-6-7-16(17(10-13)23-19(3,4)5)12-21-18(22)15-8-9-20-14(2)11-15;/h6-7,10,14-15,20H,8-9,11-12H2,1-5H3,(H,21,22);1H/t14-,15-;/m0./s1. The van der Waals surface area contributed by atoms with Crippen LogP contribution in [0.1, 0.15) is 51.7 Å². The number of amides is 1. The van der Waals surface area contributed by atoms with Gasteiger partial charge in [0.05, 0.1) is 0 Å². The Morgan fingerprint density at radius 2 is 2.08 bits per heavy atom. The second-order valence-electron chi connectivity index (χ2n) is 7.62. The molecule has 1 saturated heterocycles. The molecule has 2 N–H and O–H groups in total. The first-order valence-electron chi connectivity index (χ1n) is 8.54. The highest BCUT2D eigenvalue weighted by atomic mass is 35.5. The average molecular weight is 355 g/mol. The summed E-state index contributed by atoms with van der Waals surface area (Å²) in [4.78, 5) is 12.4. The van der Waals surface area contributed by atoms with Gasteiger partial charge in [-0.15, -0.1) is 12.4 Å². The van der Waals surface area contributed by atoms with E-state index in [9.17, 15) is 4.79 Å². The van der Waals surface area contributed by atoms with Gasteiger partial charge < -0.3 is 15.4 Å². The van der Waals surface area contributed by atoms with Gasteiger partial charge in [-0.3, -0.25) is 4.79 Å². The van der Waals surface area contributed by atoms with E-state index in [4.69, 9.17) is 4.74 Å². The summed E-state index contributed by atoms with van der Waals surface area (Å²) in [6.45, 7) is 11.7. The van der Waals surface area contributed by atoms with E-state index in [1.165, 1.54) is 0 Å². The highest BCUT2D eigenvalue weighted by molar-refractivity contribution is 5.85. The fourth-order valence-electron chi connectivity index (χ4n) is 2.93.